The predicted octanol–water partition coefficient (Wildman–Crippen LogP) is -0.391. The summed E-state index contributed by atoms with van der Waals surface area (Å²) in [6.45, 7) is 0. The van der Waals surface area contributed by atoms with Crippen LogP contribution in [0.2, 0.25) is 0 Å². The summed E-state index contributed by atoms with van der Waals surface area (Å²) >= 11 is 0. The number of rotatable bonds is 1. The Morgan fingerprint density at radius 2 is 2.15 bits per heavy atom. The first-order valence-electron chi connectivity index (χ1n) is 5.51. The average Bonchev–Trinajstić information content (AvgIpc) is 2.93. The van der Waals surface area contributed by atoms with Crippen molar-refractivity contribution in [2.24, 2.45) is 0 Å². The summed E-state index contributed by atoms with van der Waals surface area (Å²) in [6, 6.07) is 0. The Labute approximate surface area is 110 Å². The Hall–Kier alpha value is -2.33. The Morgan fingerprint density at radius 3 is 2.80 bits per heavy atom. The standard InChI is InChI=1S/C10H9F2N5O3/c11-1-3-5(18)6(19)9(20-3)17-2-14-4-7(13)15-10(12)16-8(4)17/h1-2,5-6,9,18-19H,(H2,13,15,16)/b3-1-/t5-,6-,9-/m1/s1. The smallest absolute Gasteiger partial charge is 0.312 e. The van der Waals surface area contributed by atoms with Crippen LogP contribution in [0.25, 0.3) is 11.2 Å². The first kappa shape index (κ1) is 12.7. The molecule has 3 rings (SSSR count). The minimum atomic E-state index is -1.54. The second-order valence-electron chi connectivity index (χ2n) is 4.16. The topological polar surface area (TPSA) is 119 Å². The van der Waals surface area contributed by atoms with Crippen molar-refractivity contribution in [2.75, 3.05) is 5.73 Å². The summed E-state index contributed by atoms with van der Waals surface area (Å²) in [7, 11) is 0. The van der Waals surface area contributed by atoms with E-state index in [1.54, 1.807) is 0 Å². The van der Waals surface area contributed by atoms with Crippen LogP contribution in [-0.2, 0) is 4.74 Å². The lowest BCUT2D eigenvalue weighted by atomic mass is 10.2. The van der Waals surface area contributed by atoms with Gasteiger partial charge in [-0.05, 0) is 0 Å². The summed E-state index contributed by atoms with van der Waals surface area (Å²) in [4.78, 5) is 10.7. The molecule has 1 aliphatic heterocycles. The van der Waals surface area contributed by atoms with Crippen LogP contribution in [0, 0.1) is 6.08 Å². The molecule has 20 heavy (non-hydrogen) atoms. The minimum absolute atomic E-state index is 0.0358. The number of hydrogen-bond acceptors (Lipinski definition) is 7. The molecule has 3 atom stereocenters. The molecule has 0 saturated carbocycles. The van der Waals surface area contributed by atoms with Crippen molar-refractivity contribution in [3.8, 4) is 0 Å². The van der Waals surface area contributed by atoms with Gasteiger partial charge >= 0.3 is 6.08 Å². The number of nitrogens with two attached hydrogens (primary N) is 1. The van der Waals surface area contributed by atoms with Crippen LogP contribution in [0.1, 0.15) is 6.23 Å². The maximum absolute atomic E-state index is 13.2. The Morgan fingerprint density at radius 1 is 1.40 bits per heavy atom. The summed E-state index contributed by atoms with van der Waals surface area (Å²) in [6.07, 6.45) is -4.06. The molecule has 0 radical (unpaired) electrons. The molecule has 2 aromatic heterocycles. The van der Waals surface area contributed by atoms with E-state index < -0.39 is 30.3 Å². The maximum atomic E-state index is 13.2. The molecule has 1 fully saturated rings. The Bertz CT molecular complexity index is 704. The zero-order valence-corrected chi connectivity index (χ0v) is 9.81. The number of nitrogens with zero attached hydrogens (tertiary/aromatic N) is 4. The molecular formula is C10H9F2N5O3. The van der Waals surface area contributed by atoms with E-state index in [4.69, 9.17) is 10.5 Å². The third-order valence-electron chi connectivity index (χ3n) is 2.97. The van der Waals surface area contributed by atoms with E-state index >= 15 is 0 Å². The first-order valence-corrected chi connectivity index (χ1v) is 5.51. The van der Waals surface area contributed by atoms with Crippen LogP contribution in [0.4, 0.5) is 14.6 Å². The van der Waals surface area contributed by atoms with Gasteiger partial charge < -0.3 is 20.7 Å². The molecule has 8 nitrogen and oxygen atoms in total. The van der Waals surface area contributed by atoms with Gasteiger partial charge in [0.1, 0.15) is 24.9 Å². The van der Waals surface area contributed by atoms with Crippen LogP contribution >= 0.6 is 0 Å². The second-order valence-corrected chi connectivity index (χ2v) is 4.16. The van der Waals surface area contributed by atoms with Gasteiger partial charge in [0, 0.05) is 0 Å². The number of aliphatic hydroxyl groups is 2. The molecule has 0 aromatic carbocycles. The molecule has 4 N–H and O–H groups in total. The van der Waals surface area contributed by atoms with Crippen molar-refractivity contribution in [1.82, 2.24) is 19.5 Å². The van der Waals surface area contributed by atoms with Gasteiger partial charge in [-0.2, -0.15) is 14.4 Å². The summed E-state index contributed by atoms with van der Waals surface area (Å²) < 4.78 is 31.9. The molecule has 2 aromatic rings. The van der Waals surface area contributed by atoms with Gasteiger partial charge in [0.15, 0.2) is 22.7 Å². The van der Waals surface area contributed by atoms with Gasteiger partial charge in [0.05, 0.1) is 0 Å². The van der Waals surface area contributed by atoms with Crippen molar-refractivity contribution in [3.63, 3.8) is 0 Å². The lowest BCUT2D eigenvalue weighted by Gasteiger charge is -2.15. The highest BCUT2D eigenvalue weighted by atomic mass is 19.1. The summed E-state index contributed by atoms with van der Waals surface area (Å²) in [5, 5.41) is 19.4. The average molecular weight is 285 g/mol. The molecule has 0 aliphatic carbocycles. The van der Waals surface area contributed by atoms with E-state index in [9.17, 15) is 19.0 Å². The number of nitrogen functional groups attached to an aromatic ring is 1. The zero-order chi connectivity index (χ0) is 14.4. The van der Waals surface area contributed by atoms with E-state index in [0.717, 1.165) is 4.57 Å². The van der Waals surface area contributed by atoms with E-state index in [2.05, 4.69) is 15.0 Å². The largest absolute Gasteiger partial charge is 0.466 e. The van der Waals surface area contributed by atoms with Crippen LogP contribution in [-0.4, -0.2) is 41.9 Å². The molecule has 3 heterocycles. The van der Waals surface area contributed by atoms with Crippen molar-refractivity contribution >= 4 is 17.0 Å². The highest BCUT2D eigenvalue weighted by molar-refractivity contribution is 5.81. The van der Waals surface area contributed by atoms with Crippen LogP contribution in [0.15, 0.2) is 18.4 Å². The number of anilines is 1. The second kappa shape index (κ2) is 4.35. The highest BCUT2D eigenvalue weighted by Crippen LogP contribution is 2.34. The SMILES string of the molecule is Nc1nc(F)nc2c1ncn2[C@@H]1O/C(=C\F)[C@@H](O)[C@H]1O. The van der Waals surface area contributed by atoms with E-state index in [0.29, 0.717) is 0 Å². The molecule has 106 valence electrons. The predicted molar refractivity (Wildman–Crippen MR) is 61.0 cm³/mol. The van der Waals surface area contributed by atoms with E-state index in [-0.39, 0.29) is 23.3 Å². The quantitative estimate of drug-likeness (QED) is 0.610. The van der Waals surface area contributed by atoms with Crippen LogP contribution in [0.5, 0.6) is 0 Å². The first-order chi connectivity index (χ1) is 9.52. The molecule has 0 unspecified atom stereocenters. The lowest BCUT2D eigenvalue weighted by molar-refractivity contribution is -0.0120. The van der Waals surface area contributed by atoms with Gasteiger partial charge in [0.2, 0.25) is 6.23 Å². The van der Waals surface area contributed by atoms with E-state index in [1.807, 2.05) is 0 Å². The molecule has 10 heteroatoms. The monoisotopic (exact) mass is 285 g/mol. The maximum Gasteiger partial charge on any atom is 0.312 e. The number of imidazole rings is 1. The fraction of sp³-hybridized carbons (Fsp3) is 0.300. The molecule has 0 amide bonds. The number of hydrogen-bond donors (Lipinski definition) is 3. The zero-order valence-electron chi connectivity index (χ0n) is 9.81. The Balaban J connectivity index is 2.12. The number of ether oxygens (including phenoxy) is 1. The fourth-order valence-corrected chi connectivity index (χ4v) is 2.01. The van der Waals surface area contributed by atoms with Crippen molar-refractivity contribution in [1.29, 1.82) is 0 Å². The number of aromatic nitrogens is 4. The number of fused-ring (bicyclic) bond motifs is 1. The number of halogens is 2. The lowest BCUT2D eigenvalue weighted by Crippen LogP contribution is -2.27. The van der Waals surface area contributed by atoms with Crippen LogP contribution in [0.3, 0.4) is 0 Å². The molecule has 0 bridgehead atoms. The highest BCUT2D eigenvalue weighted by Gasteiger charge is 2.42. The van der Waals surface area contributed by atoms with Gasteiger partial charge in [-0.25, -0.2) is 9.37 Å². The van der Waals surface area contributed by atoms with Crippen LogP contribution < -0.4 is 5.73 Å². The summed E-state index contributed by atoms with van der Waals surface area (Å²) in [5.74, 6) is -0.618. The van der Waals surface area contributed by atoms with Crippen molar-refractivity contribution in [3.05, 3.63) is 24.5 Å². The summed E-state index contributed by atoms with van der Waals surface area (Å²) in [5.41, 5.74) is 5.56. The molecule has 0 spiro atoms. The van der Waals surface area contributed by atoms with Gasteiger partial charge in [-0.15, -0.1) is 0 Å². The third-order valence-corrected chi connectivity index (χ3v) is 2.97. The van der Waals surface area contributed by atoms with Gasteiger partial charge in [-0.3, -0.25) is 4.57 Å². The third kappa shape index (κ3) is 1.69. The van der Waals surface area contributed by atoms with Crippen molar-refractivity contribution < 1.29 is 23.7 Å². The van der Waals surface area contributed by atoms with Crippen molar-refractivity contribution in [2.45, 2.75) is 18.4 Å². The fourth-order valence-electron chi connectivity index (χ4n) is 2.01. The molecular weight excluding hydrogens is 276 g/mol. The Kier molecular flexibility index (Phi) is 2.76. The minimum Gasteiger partial charge on any atom is -0.466 e. The molecule has 1 aliphatic rings. The van der Waals surface area contributed by atoms with E-state index in [1.165, 1.54) is 6.33 Å². The number of aliphatic hydroxyl groups excluding tert-OH is 2. The normalized spacial score (nSPS) is 28.2. The van der Waals surface area contributed by atoms with Gasteiger partial charge in [0.25, 0.3) is 0 Å². The van der Waals surface area contributed by atoms with Gasteiger partial charge in [-0.1, -0.05) is 0 Å². The molecule has 1 saturated heterocycles.